The van der Waals surface area contributed by atoms with E-state index in [1.54, 1.807) is 6.92 Å². The number of hydrogen-bond donors (Lipinski definition) is 0. The molecule has 0 amide bonds. The van der Waals surface area contributed by atoms with Crippen LogP contribution in [0.5, 0.6) is 5.75 Å². The van der Waals surface area contributed by atoms with Gasteiger partial charge in [0.25, 0.3) is 5.69 Å². The highest BCUT2D eigenvalue weighted by Gasteiger charge is 2.30. The zero-order valence-corrected chi connectivity index (χ0v) is 13.5. The normalized spacial score (nSPS) is 15.4. The summed E-state index contributed by atoms with van der Waals surface area (Å²) in [6.45, 7) is 3.19. The molecule has 0 fully saturated rings. The van der Waals surface area contributed by atoms with Crippen LogP contribution in [0.15, 0.2) is 12.1 Å². The number of nitro benzene ring substituents is 1. The molecule has 0 radical (unpaired) electrons. The first-order valence-corrected chi connectivity index (χ1v) is 8.55. The second-order valence-corrected chi connectivity index (χ2v) is 7.64. The predicted octanol–water partition coefficient (Wildman–Crippen LogP) is 4.57. The lowest BCUT2D eigenvalue weighted by Crippen LogP contribution is -2.16. The van der Waals surface area contributed by atoms with E-state index < -0.39 is 18.1 Å². The highest BCUT2D eigenvalue weighted by atomic mass is 35.5. The second kappa shape index (κ2) is 6.76. The van der Waals surface area contributed by atoms with Crippen molar-refractivity contribution in [2.75, 3.05) is 13.8 Å². The van der Waals surface area contributed by atoms with Crippen molar-refractivity contribution in [1.29, 1.82) is 0 Å². The van der Waals surface area contributed by atoms with Crippen LogP contribution in [0.25, 0.3) is 0 Å². The Kier molecular flexibility index (Phi) is 5.83. The smallest absolute Gasteiger partial charge is 0.291 e. The van der Waals surface area contributed by atoms with Gasteiger partial charge in [-0.15, -0.1) is 0 Å². The van der Waals surface area contributed by atoms with Gasteiger partial charge in [0.1, 0.15) is 10.8 Å². The number of nitro groups is 1. The number of rotatable bonds is 6. The summed E-state index contributed by atoms with van der Waals surface area (Å²) in [7, 11) is -1.69. The Balaban J connectivity index is 3.17. The van der Waals surface area contributed by atoms with Crippen LogP contribution in [0.3, 0.4) is 0 Å². The average Bonchev–Trinajstić information content (AvgIpc) is 2.37. The van der Waals surface area contributed by atoms with Gasteiger partial charge in [-0.3, -0.25) is 14.7 Å². The molecule has 20 heavy (non-hydrogen) atoms. The van der Waals surface area contributed by atoms with Crippen molar-refractivity contribution in [1.82, 2.24) is 0 Å². The van der Waals surface area contributed by atoms with E-state index in [9.17, 15) is 14.7 Å². The largest absolute Gasteiger partial charge is 0.479 e. The molecule has 0 N–H and O–H groups in total. The Bertz CT molecular complexity index is 566. The third kappa shape index (κ3) is 3.85. The van der Waals surface area contributed by atoms with Gasteiger partial charge in [0, 0.05) is 13.8 Å². The molecule has 2 atom stereocenters. The summed E-state index contributed by atoms with van der Waals surface area (Å²) in [5.74, 6) is -0.695. The van der Waals surface area contributed by atoms with Crippen LogP contribution in [0.1, 0.15) is 13.3 Å². The standard InChI is InChI=1S/C11H14Cl2NO5P/c1-4-11(20(3,17)18-2)19-10-6-9(14(15)16)7(12)5-8(10)13/h5-6,11H,4H2,1-3H3. The fraction of sp³-hybridized carbons (Fsp3) is 0.455. The van der Waals surface area contributed by atoms with Crippen molar-refractivity contribution in [3.05, 3.63) is 32.3 Å². The van der Waals surface area contributed by atoms with Crippen molar-refractivity contribution < 1.29 is 18.7 Å². The third-order valence-corrected chi connectivity index (χ3v) is 5.54. The minimum Gasteiger partial charge on any atom is -0.479 e. The number of nitrogens with zero attached hydrogens (tertiary/aromatic N) is 1. The fourth-order valence-corrected chi connectivity index (χ4v) is 3.22. The molecule has 0 aromatic heterocycles. The summed E-state index contributed by atoms with van der Waals surface area (Å²) >= 11 is 11.7. The molecule has 0 saturated heterocycles. The molecule has 0 saturated carbocycles. The van der Waals surface area contributed by atoms with Crippen molar-refractivity contribution in [2.24, 2.45) is 0 Å². The van der Waals surface area contributed by atoms with E-state index in [0.29, 0.717) is 6.42 Å². The summed E-state index contributed by atoms with van der Waals surface area (Å²) in [5, 5.41) is 10.9. The maximum Gasteiger partial charge on any atom is 0.291 e. The predicted molar refractivity (Wildman–Crippen MR) is 78.4 cm³/mol. The van der Waals surface area contributed by atoms with Crippen LogP contribution in [-0.4, -0.2) is 24.5 Å². The van der Waals surface area contributed by atoms with Crippen molar-refractivity contribution in [3.8, 4) is 5.75 Å². The monoisotopic (exact) mass is 341 g/mol. The topological polar surface area (TPSA) is 78.7 Å². The number of benzene rings is 1. The van der Waals surface area contributed by atoms with Gasteiger partial charge in [0.05, 0.1) is 16.0 Å². The van der Waals surface area contributed by atoms with E-state index in [1.807, 2.05) is 0 Å². The molecule has 0 spiro atoms. The quantitative estimate of drug-likeness (QED) is 0.430. The fourth-order valence-electron chi connectivity index (χ4n) is 1.52. The molecule has 112 valence electrons. The molecular formula is C11H14Cl2NO5P. The Morgan fingerprint density at radius 1 is 1.40 bits per heavy atom. The van der Waals surface area contributed by atoms with E-state index in [0.717, 1.165) is 6.07 Å². The number of hydrogen-bond acceptors (Lipinski definition) is 5. The molecule has 1 aromatic rings. The molecule has 0 bridgehead atoms. The SMILES string of the molecule is CCC(Oc1cc([N+](=O)[O-])c(Cl)cc1Cl)P(C)(=O)OC. The zero-order valence-electron chi connectivity index (χ0n) is 11.1. The maximum atomic E-state index is 12.2. The van der Waals surface area contributed by atoms with Crippen LogP contribution in [-0.2, 0) is 9.09 Å². The molecule has 2 unspecified atom stereocenters. The van der Waals surface area contributed by atoms with Gasteiger partial charge in [-0.1, -0.05) is 30.1 Å². The summed E-state index contributed by atoms with van der Waals surface area (Å²) in [6.07, 6.45) is 0.397. The van der Waals surface area contributed by atoms with E-state index in [-0.39, 0.29) is 21.5 Å². The molecule has 0 aliphatic rings. The minimum atomic E-state index is -3.00. The highest BCUT2D eigenvalue weighted by Crippen LogP contribution is 2.50. The molecular weight excluding hydrogens is 328 g/mol. The molecule has 0 aliphatic carbocycles. The van der Waals surface area contributed by atoms with Crippen LogP contribution in [0.4, 0.5) is 5.69 Å². The van der Waals surface area contributed by atoms with Gasteiger partial charge >= 0.3 is 0 Å². The van der Waals surface area contributed by atoms with E-state index in [2.05, 4.69) is 0 Å². The Morgan fingerprint density at radius 2 is 2.00 bits per heavy atom. The Hall–Kier alpha value is -0.810. The minimum absolute atomic E-state index is 0.0498. The van der Waals surface area contributed by atoms with E-state index >= 15 is 0 Å². The molecule has 1 rings (SSSR count). The summed E-state index contributed by atoms with van der Waals surface area (Å²) in [6, 6.07) is 2.33. The second-order valence-electron chi connectivity index (χ2n) is 4.06. The Morgan fingerprint density at radius 3 is 2.45 bits per heavy atom. The molecule has 0 aliphatic heterocycles. The lowest BCUT2D eigenvalue weighted by Gasteiger charge is -2.23. The molecule has 6 nitrogen and oxygen atoms in total. The first-order chi connectivity index (χ1) is 9.22. The highest BCUT2D eigenvalue weighted by molar-refractivity contribution is 7.58. The van der Waals surface area contributed by atoms with Gasteiger partial charge < -0.3 is 9.26 Å². The molecule has 1 aromatic carbocycles. The first kappa shape index (κ1) is 17.2. The maximum absolute atomic E-state index is 12.2. The molecule has 9 heteroatoms. The van der Waals surface area contributed by atoms with Gasteiger partial charge in [0.15, 0.2) is 5.85 Å². The molecule has 0 heterocycles. The van der Waals surface area contributed by atoms with Gasteiger partial charge in [-0.2, -0.15) is 0 Å². The van der Waals surface area contributed by atoms with E-state index in [1.165, 1.54) is 19.8 Å². The summed E-state index contributed by atoms with van der Waals surface area (Å²) in [5.41, 5.74) is -0.329. The van der Waals surface area contributed by atoms with Gasteiger partial charge in [-0.05, 0) is 12.5 Å². The zero-order chi connectivity index (χ0) is 15.5. The Labute approximate surface area is 126 Å². The average molecular weight is 342 g/mol. The van der Waals surface area contributed by atoms with Crippen LogP contribution in [0, 0.1) is 10.1 Å². The number of halogens is 2. The lowest BCUT2D eigenvalue weighted by atomic mass is 10.3. The van der Waals surface area contributed by atoms with Crippen LogP contribution < -0.4 is 4.74 Å². The van der Waals surface area contributed by atoms with Crippen LogP contribution in [0.2, 0.25) is 10.0 Å². The lowest BCUT2D eigenvalue weighted by molar-refractivity contribution is -0.384. The summed E-state index contributed by atoms with van der Waals surface area (Å²) in [4.78, 5) is 10.2. The van der Waals surface area contributed by atoms with Gasteiger partial charge in [0.2, 0.25) is 7.37 Å². The van der Waals surface area contributed by atoms with E-state index in [4.69, 9.17) is 32.5 Å². The van der Waals surface area contributed by atoms with Gasteiger partial charge in [-0.25, -0.2) is 0 Å². The first-order valence-electron chi connectivity index (χ1n) is 5.66. The third-order valence-electron chi connectivity index (χ3n) is 2.70. The summed E-state index contributed by atoms with van der Waals surface area (Å²) < 4.78 is 22.6. The van der Waals surface area contributed by atoms with Crippen molar-refractivity contribution in [3.63, 3.8) is 0 Å². The van der Waals surface area contributed by atoms with Crippen molar-refractivity contribution in [2.45, 2.75) is 19.2 Å². The number of ether oxygens (including phenoxy) is 1. The van der Waals surface area contributed by atoms with Crippen LogP contribution >= 0.6 is 30.6 Å². The van der Waals surface area contributed by atoms with Crippen molar-refractivity contribution >= 4 is 36.3 Å².